The predicted octanol–water partition coefficient (Wildman–Crippen LogP) is 3.57. The smallest absolute Gasteiger partial charge is 0.0624 e. The Labute approximate surface area is 118 Å². The molecule has 1 heterocycles. The number of rotatable bonds is 10. The summed E-state index contributed by atoms with van der Waals surface area (Å²) in [4.78, 5) is 0. The minimum Gasteiger partial charge on any atom is -0.317 e. The van der Waals surface area contributed by atoms with Crippen LogP contribution in [0.2, 0.25) is 0 Å². The van der Waals surface area contributed by atoms with E-state index < -0.39 is 0 Å². The van der Waals surface area contributed by atoms with Gasteiger partial charge in [-0.05, 0) is 32.9 Å². The highest BCUT2D eigenvalue weighted by Crippen LogP contribution is 2.12. The van der Waals surface area contributed by atoms with Gasteiger partial charge >= 0.3 is 0 Å². The zero-order valence-corrected chi connectivity index (χ0v) is 13.2. The Balaban J connectivity index is 2.52. The molecule has 0 aliphatic rings. The molecule has 19 heavy (non-hydrogen) atoms. The van der Waals surface area contributed by atoms with Gasteiger partial charge in [0, 0.05) is 24.7 Å². The first-order chi connectivity index (χ1) is 9.24. The first-order valence-corrected chi connectivity index (χ1v) is 7.97. The Bertz CT molecular complexity index is 344. The number of aromatic nitrogens is 2. The van der Waals surface area contributed by atoms with Crippen LogP contribution in [0.25, 0.3) is 0 Å². The highest BCUT2D eigenvalue weighted by molar-refractivity contribution is 5.12. The van der Waals surface area contributed by atoms with E-state index in [2.05, 4.69) is 49.0 Å². The van der Waals surface area contributed by atoms with Crippen LogP contribution in [-0.4, -0.2) is 22.9 Å². The van der Waals surface area contributed by atoms with Gasteiger partial charge in [-0.2, -0.15) is 5.10 Å². The summed E-state index contributed by atoms with van der Waals surface area (Å²) in [5.74, 6) is 0. The van der Waals surface area contributed by atoms with Gasteiger partial charge in [0.25, 0.3) is 0 Å². The van der Waals surface area contributed by atoms with Gasteiger partial charge in [-0.15, -0.1) is 0 Å². The summed E-state index contributed by atoms with van der Waals surface area (Å²) in [5.41, 5.74) is 2.60. The van der Waals surface area contributed by atoms with Crippen molar-refractivity contribution in [3.8, 4) is 0 Å². The lowest BCUT2D eigenvalue weighted by molar-refractivity contribution is 0.468. The first-order valence-electron chi connectivity index (χ1n) is 7.97. The number of unbranched alkanes of at least 4 members (excludes halogenated alkanes) is 3. The fraction of sp³-hybridized carbons (Fsp3) is 0.812. The van der Waals surface area contributed by atoms with Crippen LogP contribution < -0.4 is 5.32 Å². The summed E-state index contributed by atoms with van der Waals surface area (Å²) < 4.78 is 2.16. The van der Waals surface area contributed by atoms with Gasteiger partial charge in [-0.1, -0.05) is 39.5 Å². The van der Waals surface area contributed by atoms with Crippen LogP contribution >= 0.6 is 0 Å². The minimum atomic E-state index is 0.587. The normalized spacial score (nSPS) is 12.8. The zero-order chi connectivity index (χ0) is 14.1. The Kier molecular flexibility index (Phi) is 7.80. The van der Waals surface area contributed by atoms with E-state index >= 15 is 0 Å². The number of aryl methyl sites for hydroxylation is 2. The van der Waals surface area contributed by atoms with Crippen molar-refractivity contribution in [3.63, 3.8) is 0 Å². The number of likely N-dealkylation sites (N-methyl/N-ethyl adjacent to an activating group) is 1. The van der Waals surface area contributed by atoms with Crippen LogP contribution in [0, 0.1) is 0 Å². The van der Waals surface area contributed by atoms with E-state index in [-0.39, 0.29) is 0 Å². The third-order valence-electron chi connectivity index (χ3n) is 3.85. The zero-order valence-electron chi connectivity index (χ0n) is 13.2. The molecule has 0 aromatic carbocycles. The van der Waals surface area contributed by atoms with Gasteiger partial charge in [-0.25, -0.2) is 0 Å². The van der Waals surface area contributed by atoms with E-state index in [4.69, 9.17) is 0 Å². The maximum atomic E-state index is 4.63. The van der Waals surface area contributed by atoms with Gasteiger partial charge in [0.1, 0.15) is 0 Å². The predicted molar refractivity (Wildman–Crippen MR) is 82.6 cm³/mol. The molecule has 0 saturated carbocycles. The van der Waals surface area contributed by atoms with Crippen molar-refractivity contribution in [2.45, 2.75) is 78.3 Å². The molecule has 1 atom stereocenters. The Morgan fingerprint density at radius 1 is 1.21 bits per heavy atom. The summed E-state index contributed by atoms with van der Waals surface area (Å²) in [6.07, 6.45) is 8.77. The average molecular weight is 265 g/mol. The van der Waals surface area contributed by atoms with Gasteiger partial charge in [-0.3, -0.25) is 4.68 Å². The molecule has 0 fully saturated rings. The van der Waals surface area contributed by atoms with Gasteiger partial charge in [0.15, 0.2) is 0 Å². The van der Waals surface area contributed by atoms with Crippen molar-refractivity contribution in [2.24, 2.45) is 0 Å². The molecular weight excluding hydrogens is 234 g/mol. The van der Waals surface area contributed by atoms with Crippen molar-refractivity contribution in [1.29, 1.82) is 0 Å². The van der Waals surface area contributed by atoms with Crippen molar-refractivity contribution in [2.75, 3.05) is 7.05 Å². The molecule has 1 rings (SSSR count). The van der Waals surface area contributed by atoms with Crippen molar-refractivity contribution in [1.82, 2.24) is 15.1 Å². The molecule has 0 amide bonds. The van der Waals surface area contributed by atoms with Crippen LogP contribution in [0.15, 0.2) is 6.07 Å². The second-order valence-electron chi connectivity index (χ2n) is 5.34. The number of hydrogen-bond donors (Lipinski definition) is 1. The van der Waals surface area contributed by atoms with E-state index in [1.807, 2.05) is 0 Å². The van der Waals surface area contributed by atoms with Crippen LogP contribution in [0.3, 0.4) is 0 Å². The van der Waals surface area contributed by atoms with E-state index in [0.29, 0.717) is 6.04 Å². The van der Waals surface area contributed by atoms with Crippen molar-refractivity contribution >= 4 is 0 Å². The van der Waals surface area contributed by atoms with Crippen LogP contribution in [-0.2, 0) is 19.4 Å². The second kappa shape index (κ2) is 9.13. The molecule has 0 spiro atoms. The second-order valence-corrected chi connectivity index (χ2v) is 5.34. The fourth-order valence-corrected chi connectivity index (χ4v) is 2.54. The number of hydrogen-bond acceptors (Lipinski definition) is 2. The maximum Gasteiger partial charge on any atom is 0.0624 e. The Morgan fingerprint density at radius 3 is 2.58 bits per heavy atom. The third-order valence-corrected chi connectivity index (χ3v) is 3.85. The number of nitrogens with zero attached hydrogens (tertiary/aromatic N) is 2. The molecule has 1 N–H and O–H groups in total. The monoisotopic (exact) mass is 265 g/mol. The molecule has 1 aromatic rings. The molecule has 3 heteroatoms. The molecular formula is C16H31N3. The molecule has 0 bridgehead atoms. The average Bonchev–Trinajstić information content (AvgIpc) is 2.84. The van der Waals surface area contributed by atoms with Gasteiger partial charge in [0.2, 0.25) is 0 Å². The molecule has 0 aliphatic heterocycles. The van der Waals surface area contributed by atoms with E-state index in [1.54, 1.807) is 0 Å². The van der Waals surface area contributed by atoms with Crippen molar-refractivity contribution in [3.05, 3.63) is 17.5 Å². The van der Waals surface area contributed by atoms with Crippen molar-refractivity contribution < 1.29 is 0 Å². The van der Waals surface area contributed by atoms with Crippen LogP contribution in [0.4, 0.5) is 0 Å². The molecule has 0 radical (unpaired) electrons. The largest absolute Gasteiger partial charge is 0.317 e. The minimum absolute atomic E-state index is 0.587. The molecule has 0 aliphatic carbocycles. The lowest BCUT2D eigenvalue weighted by Gasteiger charge is -2.16. The summed E-state index contributed by atoms with van der Waals surface area (Å²) >= 11 is 0. The summed E-state index contributed by atoms with van der Waals surface area (Å²) in [5, 5.41) is 8.10. The highest BCUT2D eigenvalue weighted by Gasteiger charge is 2.12. The summed E-state index contributed by atoms with van der Waals surface area (Å²) in [6.45, 7) is 7.58. The SMILES string of the molecule is CCCCCCC(Cc1cc(CC)nn1CC)NC. The molecule has 0 saturated heterocycles. The topological polar surface area (TPSA) is 29.9 Å². The number of nitrogens with one attached hydrogen (secondary N) is 1. The fourth-order valence-electron chi connectivity index (χ4n) is 2.54. The lowest BCUT2D eigenvalue weighted by atomic mass is 10.0. The standard InChI is InChI=1S/C16H31N3/c1-5-8-9-10-11-15(17-4)13-16-12-14(6-2)18-19(16)7-3/h12,15,17H,5-11,13H2,1-4H3. The highest BCUT2D eigenvalue weighted by atomic mass is 15.3. The van der Waals surface area contributed by atoms with Gasteiger partial charge in [0.05, 0.1) is 5.69 Å². The van der Waals surface area contributed by atoms with E-state index in [0.717, 1.165) is 19.4 Å². The van der Waals surface area contributed by atoms with Gasteiger partial charge < -0.3 is 5.32 Å². The van der Waals surface area contributed by atoms with E-state index in [1.165, 1.54) is 43.5 Å². The molecule has 3 nitrogen and oxygen atoms in total. The molecule has 1 aromatic heterocycles. The van der Waals surface area contributed by atoms with E-state index in [9.17, 15) is 0 Å². The van der Waals surface area contributed by atoms with Crippen LogP contribution in [0.5, 0.6) is 0 Å². The first kappa shape index (κ1) is 16.2. The summed E-state index contributed by atoms with van der Waals surface area (Å²) in [7, 11) is 2.08. The lowest BCUT2D eigenvalue weighted by Crippen LogP contribution is -2.28. The quantitative estimate of drug-likeness (QED) is 0.655. The molecule has 110 valence electrons. The Hall–Kier alpha value is -0.830. The van der Waals surface area contributed by atoms with Crippen LogP contribution in [0.1, 0.15) is 64.3 Å². The maximum absolute atomic E-state index is 4.63. The summed E-state index contributed by atoms with van der Waals surface area (Å²) in [6, 6.07) is 2.86. The Morgan fingerprint density at radius 2 is 2.00 bits per heavy atom. The third kappa shape index (κ3) is 5.35. The molecule has 1 unspecified atom stereocenters.